The summed E-state index contributed by atoms with van der Waals surface area (Å²) in [7, 11) is 0. The first kappa shape index (κ1) is 29.7. The number of primary amides is 1. The SMILES string of the molecule is CC(C)CC(NC(=O)C(N)C(C)O)C(=O)NC(CCC(=O)O)C(=O)NC(CC(N)=O)C(=O)O. The smallest absolute Gasteiger partial charge is 0.326 e. The number of nitrogens with two attached hydrogens (primary N) is 2. The van der Waals surface area contributed by atoms with Crippen molar-refractivity contribution in [3.05, 3.63) is 0 Å². The number of aliphatic hydroxyl groups is 1. The van der Waals surface area contributed by atoms with Crippen LogP contribution in [0, 0.1) is 5.92 Å². The maximum absolute atomic E-state index is 12.8. The van der Waals surface area contributed by atoms with Crippen LogP contribution in [0.4, 0.5) is 0 Å². The Kier molecular flexibility index (Phi) is 12.6. The van der Waals surface area contributed by atoms with Crippen molar-refractivity contribution in [1.29, 1.82) is 0 Å². The number of hydrogen-bond acceptors (Lipinski definition) is 8. The van der Waals surface area contributed by atoms with Gasteiger partial charge in [-0.3, -0.25) is 24.0 Å². The third kappa shape index (κ3) is 11.8. The van der Waals surface area contributed by atoms with Crippen LogP contribution in [-0.2, 0) is 28.8 Å². The molecule has 0 spiro atoms. The molecule has 0 heterocycles. The summed E-state index contributed by atoms with van der Waals surface area (Å²) in [6, 6.07) is -5.67. The average Bonchev–Trinajstić information content (AvgIpc) is 2.67. The highest BCUT2D eigenvalue weighted by Gasteiger charge is 2.32. The highest BCUT2D eigenvalue weighted by Crippen LogP contribution is 2.08. The van der Waals surface area contributed by atoms with E-state index in [1.54, 1.807) is 13.8 Å². The van der Waals surface area contributed by atoms with Gasteiger partial charge in [0, 0.05) is 6.42 Å². The van der Waals surface area contributed by atoms with Crippen molar-refractivity contribution in [2.24, 2.45) is 17.4 Å². The molecule has 0 fully saturated rings. The van der Waals surface area contributed by atoms with E-state index in [0.29, 0.717) is 0 Å². The van der Waals surface area contributed by atoms with Gasteiger partial charge < -0.3 is 42.7 Å². The molecular formula is C19H33N5O9. The number of amides is 4. The quantitative estimate of drug-likeness (QED) is 0.119. The number of carboxylic acids is 2. The molecule has 0 aliphatic carbocycles. The van der Waals surface area contributed by atoms with E-state index in [2.05, 4.69) is 10.6 Å². The van der Waals surface area contributed by atoms with Gasteiger partial charge in [0.05, 0.1) is 12.5 Å². The lowest BCUT2D eigenvalue weighted by atomic mass is 10.0. The second-order valence-electron chi connectivity index (χ2n) is 8.02. The van der Waals surface area contributed by atoms with Crippen molar-refractivity contribution in [3.8, 4) is 0 Å². The van der Waals surface area contributed by atoms with E-state index in [1.165, 1.54) is 6.92 Å². The summed E-state index contributed by atoms with van der Waals surface area (Å²) < 4.78 is 0. The van der Waals surface area contributed by atoms with Crippen molar-refractivity contribution in [2.45, 2.75) is 76.7 Å². The van der Waals surface area contributed by atoms with E-state index < -0.39 is 85.1 Å². The number of hydrogen-bond donors (Lipinski definition) is 8. The van der Waals surface area contributed by atoms with E-state index >= 15 is 0 Å². The Hall–Kier alpha value is -3.26. The molecule has 0 aliphatic rings. The van der Waals surface area contributed by atoms with Gasteiger partial charge in [-0.15, -0.1) is 0 Å². The largest absolute Gasteiger partial charge is 0.481 e. The normalized spacial score (nSPS) is 15.5. The third-order valence-electron chi connectivity index (χ3n) is 4.46. The fourth-order valence-electron chi connectivity index (χ4n) is 2.67. The predicted molar refractivity (Wildman–Crippen MR) is 113 cm³/mol. The van der Waals surface area contributed by atoms with Crippen LogP contribution in [0.15, 0.2) is 0 Å². The van der Waals surface area contributed by atoms with E-state index in [4.69, 9.17) is 21.7 Å². The molecule has 0 aromatic rings. The minimum atomic E-state index is -1.69. The van der Waals surface area contributed by atoms with Crippen molar-refractivity contribution in [2.75, 3.05) is 0 Å². The maximum Gasteiger partial charge on any atom is 0.326 e. The Bertz CT molecular complexity index is 741. The summed E-state index contributed by atoms with van der Waals surface area (Å²) >= 11 is 0. The average molecular weight is 475 g/mol. The molecule has 14 nitrogen and oxygen atoms in total. The lowest BCUT2D eigenvalue weighted by Crippen LogP contribution is -2.58. The van der Waals surface area contributed by atoms with E-state index in [-0.39, 0.29) is 12.3 Å². The highest BCUT2D eigenvalue weighted by molar-refractivity contribution is 5.95. The molecule has 0 saturated heterocycles. The van der Waals surface area contributed by atoms with Crippen LogP contribution < -0.4 is 27.4 Å². The zero-order valence-corrected chi connectivity index (χ0v) is 18.7. The molecule has 5 atom stereocenters. The van der Waals surface area contributed by atoms with Gasteiger partial charge in [0.25, 0.3) is 0 Å². The van der Waals surface area contributed by atoms with Gasteiger partial charge in [-0.2, -0.15) is 0 Å². The summed E-state index contributed by atoms with van der Waals surface area (Å²) in [5, 5.41) is 34.3. The molecule has 188 valence electrons. The molecule has 0 radical (unpaired) electrons. The summed E-state index contributed by atoms with van der Waals surface area (Å²) in [6.07, 6.45) is -2.73. The zero-order chi connectivity index (χ0) is 25.9. The topological polar surface area (TPSA) is 251 Å². The third-order valence-corrected chi connectivity index (χ3v) is 4.46. The van der Waals surface area contributed by atoms with Crippen molar-refractivity contribution in [1.82, 2.24) is 16.0 Å². The molecule has 4 amide bonds. The summed E-state index contributed by atoms with van der Waals surface area (Å²) in [5.41, 5.74) is 10.5. The number of carboxylic acid groups (broad SMARTS) is 2. The fraction of sp³-hybridized carbons (Fsp3) is 0.684. The van der Waals surface area contributed by atoms with Crippen LogP contribution in [-0.4, -0.2) is 81.2 Å². The number of aliphatic hydroxyl groups excluding tert-OH is 1. The molecule has 0 aliphatic heterocycles. The van der Waals surface area contributed by atoms with Gasteiger partial charge >= 0.3 is 11.9 Å². The predicted octanol–water partition coefficient (Wildman–Crippen LogP) is -2.98. The fourth-order valence-corrected chi connectivity index (χ4v) is 2.67. The van der Waals surface area contributed by atoms with Crippen LogP contribution in [0.1, 0.15) is 46.5 Å². The van der Waals surface area contributed by atoms with Crippen LogP contribution in [0.2, 0.25) is 0 Å². The molecular weight excluding hydrogens is 442 g/mol. The molecule has 0 aromatic carbocycles. The summed E-state index contributed by atoms with van der Waals surface area (Å²) in [5.74, 6) is -6.63. The van der Waals surface area contributed by atoms with Gasteiger partial charge in [-0.25, -0.2) is 4.79 Å². The molecule has 33 heavy (non-hydrogen) atoms. The molecule has 14 heteroatoms. The van der Waals surface area contributed by atoms with Crippen LogP contribution in [0.5, 0.6) is 0 Å². The Morgan fingerprint density at radius 1 is 0.818 bits per heavy atom. The lowest BCUT2D eigenvalue weighted by molar-refractivity contribution is -0.144. The number of carbonyl (C=O) groups is 6. The Balaban J connectivity index is 5.61. The van der Waals surface area contributed by atoms with Gasteiger partial charge in [0.1, 0.15) is 24.2 Å². The number of nitrogens with one attached hydrogen (secondary N) is 3. The van der Waals surface area contributed by atoms with Gasteiger partial charge in [0.2, 0.25) is 23.6 Å². The van der Waals surface area contributed by atoms with E-state index in [9.17, 15) is 33.9 Å². The monoisotopic (exact) mass is 475 g/mol. The summed E-state index contributed by atoms with van der Waals surface area (Å²) in [6.45, 7) is 4.81. The Labute approximate surface area is 190 Å². The molecule has 5 unspecified atom stereocenters. The van der Waals surface area contributed by atoms with Gasteiger partial charge in [-0.05, 0) is 25.7 Å². The Morgan fingerprint density at radius 2 is 1.30 bits per heavy atom. The molecule has 0 saturated carbocycles. The van der Waals surface area contributed by atoms with Crippen LogP contribution in [0.3, 0.4) is 0 Å². The molecule has 10 N–H and O–H groups in total. The summed E-state index contributed by atoms with van der Waals surface area (Å²) in [4.78, 5) is 70.9. The van der Waals surface area contributed by atoms with E-state index in [1.807, 2.05) is 5.32 Å². The van der Waals surface area contributed by atoms with Gasteiger partial charge in [-0.1, -0.05) is 13.8 Å². The second kappa shape index (κ2) is 14.0. The van der Waals surface area contributed by atoms with Crippen molar-refractivity contribution < 1.29 is 44.1 Å². The molecule has 0 bridgehead atoms. The lowest BCUT2D eigenvalue weighted by Gasteiger charge is -2.26. The highest BCUT2D eigenvalue weighted by atomic mass is 16.4. The molecule has 0 aromatic heterocycles. The standard InChI is InChI=1S/C19H33N5O9/c1-8(2)6-11(23-18(31)15(21)9(3)25)17(30)22-10(4-5-14(27)28)16(29)24-12(19(32)33)7-13(20)26/h8-12,15,25H,4-7,21H2,1-3H3,(H2,20,26)(H,22,30)(H,23,31)(H,24,29)(H,27,28)(H,32,33). The van der Waals surface area contributed by atoms with Gasteiger partial charge in [0.15, 0.2) is 0 Å². The Morgan fingerprint density at radius 3 is 1.73 bits per heavy atom. The number of carbonyl (C=O) groups excluding carboxylic acids is 4. The minimum Gasteiger partial charge on any atom is -0.481 e. The van der Waals surface area contributed by atoms with Crippen LogP contribution >= 0.6 is 0 Å². The first-order valence-corrected chi connectivity index (χ1v) is 10.2. The second-order valence-corrected chi connectivity index (χ2v) is 8.02. The number of aliphatic carboxylic acids is 2. The zero-order valence-electron chi connectivity index (χ0n) is 18.7. The first-order valence-electron chi connectivity index (χ1n) is 10.2. The van der Waals surface area contributed by atoms with E-state index in [0.717, 1.165) is 0 Å². The maximum atomic E-state index is 12.8. The van der Waals surface area contributed by atoms with Crippen molar-refractivity contribution >= 4 is 35.6 Å². The minimum absolute atomic E-state index is 0.0953. The first-order chi connectivity index (χ1) is 15.1. The number of rotatable bonds is 15. The van der Waals surface area contributed by atoms with Crippen molar-refractivity contribution in [3.63, 3.8) is 0 Å². The van der Waals surface area contributed by atoms with Crippen LogP contribution in [0.25, 0.3) is 0 Å². The molecule has 0 rings (SSSR count).